The third-order valence-electron chi connectivity index (χ3n) is 4.97. The molecule has 0 aliphatic rings. The van der Waals surface area contributed by atoms with E-state index in [1.165, 1.54) is 5.56 Å². The summed E-state index contributed by atoms with van der Waals surface area (Å²) in [5.74, 6) is 1.58. The lowest BCUT2D eigenvalue weighted by atomic mass is 9.85. The normalized spacial score (nSPS) is 11.7. The summed E-state index contributed by atoms with van der Waals surface area (Å²) in [6.45, 7) is 8.60. The number of aliphatic imine (C=N–C) groups is 1. The Morgan fingerprint density at radius 2 is 1.83 bits per heavy atom. The van der Waals surface area contributed by atoms with Crippen LogP contribution >= 0.6 is 0 Å². The zero-order valence-corrected chi connectivity index (χ0v) is 18.7. The fourth-order valence-corrected chi connectivity index (χ4v) is 3.09. The largest absolute Gasteiger partial charge is 0.497 e. The molecule has 1 amide bonds. The Bertz CT molecular complexity index is 845. The molecule has 3 N–H and O–H groups in total. The molecule has 0 radical (unpaired) electrons. The second kappa shape index (κ2) is 11.2. The summed E-state index contributed by atoms with van der Waals surface area (Å²) in [6, 6.07) is 15.8. The summed E-state index contributed by atoms with van der Waals surface area (Å²) in [4.78, 5) is 16.6. The first-order valence-corrected chi connectivity index (χ1v) is 10.4. The predicted molar refractivity (Wildman–Crippen MR) is 124 cm³/mol. The summed E-state index contributed by atoms with van der Waals surface area (Å²) in [7, 11) is 3.32. The molecule has 0 saturated carbocycles. The number of carbonyl (C=O) groups is 1. The van der Waals surface area contributed by atoms with Crippen molar-refractivity contribution in [2.24, 2.45) is 4.99 Å². The van der Waals surface area contributed by atoms with Gasteiger partial charge in [0.2, 0.25) is 0 Å². The van der Waals surface area contributed by atoms with Gasteiger partial charge in [-0.1, -0.05) is 38.1 Å². The van der Waals surface area contributed by atoms with Crippen LogP contribution in [0, 0.1) is 0 Å². The lowest BCUT2D eigenvalue weighted by Gasteiger charge is -2.24. The summed E-state index contributed by atoms with van der Waals surface area (Å²) in [5.41, 5.74) is 2.90. The molecular weight excluding hydrogens is 376 g/mol. The summed E-state index contributed by atoms with van der Waals surface area (Å²) in [6.07, 6.45) is 0.803. The standard InChI is InChI=1S/C24H34N4O2/c1-6-26-23(27-15-14-18-8-7-9-19(16-18)22(29)25-4)28-17-24(2,3)20-10-12-21(30-5)13-11-20/h7-13,16H,6,14-15,17H2,1-5H3,(H,25,29)(H2,26,27,28). The zero-order valence-electron chi connectivity index (χ0n) is 18.7. The molecule has 0 bridgehead atoms. The van der Waals surface area contributed by atoms with Crippen molar-refractivity contribution >= 4 is 11.9 Å². The van der Waals surface area contributed by atoms with Crippen molar-refractivity contribution in [1.29, 1.82) is 0 Å². The van der Waals surface area contributed by atoms with Gasteiger partial charge in [0, 0.05) is 31.1 Å². The Morgan fingerprint density at radius 3 is 2.47 bits per heavy atom. The highest BCUT2D eigenvalue weighted by Crippen LogP contribution is 2.25. The second-order valence-corrected chi connectivity index (χ2v) is 7.76. The molecule has 2 aromatic rings. The van der Waals surface area contributed by atoms with Crippen LogP contribution in [0.4, 0.5) is 0 Å². The number of hydrogen-bond donors (Lipinski definition) is 3. The third kappa shape index (κ3) is 6.79. The van der Waals surface area contributed by atoms with E-state index in [2.05, 4.69) is 48.9 Å². The molecule has 0 fully saturated rings. The van der Waals surface area contributed by atoms with Crippen LogP contribution in [-0.4, -0.2) is 45.7 Å². The van der Waals surface area contributed by atoms with Gasteiger partial charge in [0.05, 0.1) is 13.7 Å². The Hall–Kier alpha value is -3.02. The Kier molecular flexibility index (Phi) is 8.71. The van der Waals surface area contributed by atoms with Gasteiger partial charge in [-0.2, -0.15) is 0 Å². The van der Waals surface area contributed by atoms with Gasteiger partial charge in [-0.15, -0.1) is 0 Å². The number of rotatable bonds is 9. The molecule has 0 aromatic heterocycles. The molecule has 6 heteroatoms. The molecule has 162 valence electrons. The first-order chi connectivity index (χ1) is 14.4. The van der Waals surface area contributed by atoms with Crippen LogP contribution in [0.5, 0.6) is 5.75 Å². The number of benzene rings is 2. The SMILES string of the molecule is CCNC(=NCC(C)(C)c1ccc(OC)cc1)NCCc1cccc(C(=O)NC)c1. The van der Waals surface area contributed by atoms with E-state index in [1.807, 2.05) is 36.4 Å². The van der Waals surface area contributed by atoms with E-state index < -0.39 is 0 Å². The maximum Gasteiger partial charge on any atom is 0.251 e. The molecule has 2 rings (SSSR count). The first-order valence-electron chi connectivity index (χ1n) is 10.4. The molecule has 0 unspecified atom stereocenters. The quantitative estimate of drug-likeness (QED) is 0.439. The van der Waals surface area contributed by atoms with Crippen molar-refractivity contribution in [2.45, 2.75) is 32.6 Å². The Balaban J connectivity index is 1.97. The van der Waals surface area contributed by atoms with Crippen LogP contribution in [0.2, 0.25) is 0 Å². The van der Waals surface area contributed by atoms with Crippen LogP contribution in [-0.2, 0) is 11.8 Å². The van der Waals surface area contributed by atoms with Gasteiger partial charge in [0.25, 0.3) is 5.91 Å². The fraction of sp³-hybridized carbons (Fsp3) is 0.417. The molecule has 2 aromatic carbocycles. The first kappa shape index (κ1) is 23.3. The summed E-state index contributed by atoms with van der Waals surface area (Å²) in [5, 5.41) is 9.36. The van der Waals surface area contributed by atoms with Gasteiger partial charge in [-0.3, -0.25) is 9.79 Å². The second-order valence-electron chi connectivity index (χ2n) is 7.76. The van der Waals surface area contributed by atoms with Crippen molar-refractivity contribution in [3.05, 3.63) is 65.2 Å². The zero-order chi connectivity index (χ0) is 22.0. The van der Waals surface area contributed by atoms with Crippen LogP contribution in [0.25, 0.3) is 0 Å². The minimum Gasteiger partial charge on any atom is -0.497 e. The number of ether oxygens (including phenoxy) is 1. The minimum absolute atomic E-state index is 0.0690. The average Bonchev–Trinajstić information content (AvgIpc) is 2.77. The van der Waals surface area contributed by atoms with E-state index in [1.54, 1.807) is 14.2 Å². The monoisotopic (exact) mass is 410 g/mol. The van der Waals surface area contributed by atoms with Crippen LogP contribution in [0.3, 0.4) is 0 Å². The number of nitrogens with one attached hydrogen (secondary N) is 3. The Labute approximate surface area is 180 Å². The number of carbonyl (C=O) groups excluding carboxylic acids is 1. The van der Waals surface area contributed by atoms with E-state index in [0.29, 0.717) is 12.1 Å². The molecule has 0 spiro atoms. The molecule has 0 atom stereocenters. The topological polar surface area (TPSA) is 74.8 Å². The molecule has 0 aliphatic carbocycles. The number of nitrogens with zero attached hydrogens (tertiary/aromatic N) is 1. The summed E-state index contributed by atoms with van der Waals surface area (Å²) >= 11 is 0. The maximum absolute atomic E-state index is 11.8. The minimum atomic E-state index is -0.101. The highest BCUT2D eigenvalue weighted by atomic mass is 16.5. The van der Waals surface area contributed by atoms with Crippen molar-refractivity contribution in [3.63, 3.8) is 0 Å². The predicted octanol–water partition coefficient (Wildman–Crippen LogP) is 3.13. The number of guanidine groups is 1. The molecular formula is C24H34N4O2. The fourth-order valence-electron chi connectivity index (χ4n) is 3.09. The van der Waals surface area contributed by atoms with Crippen LogP contribution in [0.1, 0.15) is 42.3 Å². The lowest BCUT2D eigenvalue weighted by molar-refractivity contribution is 0.0963. The van der Waals surface area contributed by atoms with Crippen molar-refractivity contribution < 1.29 is 9.53 Å². The maximum atomic E-state index is 11.8. The van der Waals surface area contributed by atoms with Crippen LogP contribution in [0.15, 0.2) is 53.5 Å². The van der Waals surface area contributed by atoms with Gasteiger partial charge < -0.3 is 20.7 Å². The van der Waals surface area contributed by atoms with E-state index in [-0.39, 0.29) is 11.3 Å². The molecule has 0 heterocycles. The van der Waals surface area contributed by atoms with Gasteiger partial charge in [-0.25, -0.2) is 0 Å². The molecule has 0 aliphatic heterocycles. The van der Waals surface area contributed by atoms with E-state index in [9.17, 15) is 4.79 Å². The van der Waals surface area contributed by atoms with E-state index in [4.69, 9.17) is 9.73 Å². The number of methoxy groups -OCH3 is 1. The average molecular weight is 411 g/mol. The van der Waals surface area contributed by atoms with Crippen LogP contribution < -0.4 is 20.7 Å². The molecule has 30 heavy (non-hydrogen) atoms. The van der Waals surface area contributed by atoms with E-state index >= 15 is 0 Å². The van der Waals surface area contributed by atoms with Gasteiger partial charge >= 0.3 is 0 Å². The van der Waals surface area contributed by atoms with E-state index in [0.717, 1.165) is 36.8 Å². The van der Waals surface area contributed by atoms with Crippen molar-refractivity contribution in [2.75, 3.05) is 33.8 Å². The summed E-state index contributed by atoms with van der Waals surface area (Å²) < 4.78 is 5.25. The highest BCUT2D eigenvalue weighted by Gasteiger charge is 2.20. The lowest BCUT2D eigenvalue weighted by Crippen LogP contribution is -2.39. The van der Waals surface area contributed by atoms with Crippen molar-refractivity contribution in [3.8, 4) is 5.75 Å². The number of hydrogen-bond acceptors (Lipinski definition) is 3. The number of amides is 1. The van der Waals surface area contributed by atoms with Gasteiger partial charge in [0.15, 0.2) is 5.96 Å². The molecule has 6 nitrogen and oxygen atoms in total. The van der Waals surface area contributed by atoms with Gasteiger partial charge in [0.1, 0.15) is 5.75 Å². The smallest absolute Gasteiger partial charge is 0.251 e. The van der Waals surface area contributed by atoms with Gasteiger partial charge in [-0.05, 0) is 48.7 Å². The molecule has 0 saturated heterocycles. The van der Waals surface area contributed by atoms with Crippen molar-refractivity contribution in [1.82, 2.24) is 16.0 Å². The highest BCUT2D eigenvalue weighted by molar-refractivity contribution is 5.94. The third-order valence-corrected chi connectivity index (χ3v) is 4.97. The Morgan fingerprint density at radius 1 is 1.10 bits per heavy atom.